The summed E-state index contributed by atoms with van der Waals surface area (Å²) in [6, 6.07) is 18.6. The number of amides is 1. The molecule has 1 saturated heterocycles. The van der Waals surface area contributed by atoms with Crippen LogP contribution in [0.15, 0.2) is 54.6 Å². The highest BCUT2D eigenvalue weighted by molar-refractivity contribution is 5.78. The van der Waals surface area contributed by atoms with Gasteiger partial charge >= 0.3 is 0 Å². The van der Waals surface area contributed by atoms with Gasteiger partial charge in [-0.25, -0.2) is 0 Å². The van der Waals surface area contributed by atoms with Gasteiger partial charge in [-0.05, 0) is 43.4 Å². The van der Waals surface area contributed by atoms with Gasteiger partial charge in [0.15, 0.2) is 6.61 Å². The molecule has 0 radical (unpaired) electrons. The number of nitrogens with zero attached hydrogens (tertiary/aromatic N) is 1. The molecule has 1 aliphatic heterocycles. The highest BCUT2D eigenvalue weighted by atomic mass is 16.5. The molecule has 3 heteroatoms. The van der Waals surface area contributed by atoms with Crippen molar-refractivity contribution >= 4 is 5.91 Å². The van der Waals surface area contributed by atoms with E-state index in [0.717, 1.165) is 37.1 Å². The molecule has 24 heavy (non-hydrogen) atoms. The summed E-state index contributed by atoms with van der Waals surface area (Å²) < 4.78 is 5.88. The van der Waals surface area contributed by atoms with Crippen molar-refractivity contribution in [2.45, 2.75) is 38.6 Å². The first kappa shape index (κ1) is 16.6. The van der Waals surface area contributed by atoms with Crippen molar-refractivity contribution in [1.82, 2.24) is 4.90 Å². The minimum Gasteiger partial charge on any atom is -0.483 e. The number of hydrogen-bond donors (Lipinski definition) is 0. The molecule has 2 aromatic rings. The van der Waals surface area contributed by atoms with Gasteiger partial charge in [-0.3, -0.25) is 4.79 Å². The molecule has 0 N–H and O–H groups in total. The number of likely N-dealkylation sites (tertiary alicyclic amines) is 1. The molecule has 1 atom stereocenters. The smallest absolute Gasteiger partial charge is 0.260 e. The summed E-state index contributed by atoms with van der Waals surface area (Å²) in [6.07, 6.45) is 4.22. The second-order valence-electron chi connectivity index (χ2n) is 6.49. The van der Waals surface area contributed by atoms with Gasteiger partial charge in [0, 0.05) is 19.0 Å². The topological polar surface area (TPSA) is 29.5 Å². The van der Waals surface area contributed by atoms with Crippen LogP contribution in [0.25, 0.3) is 0 Å². The highest BCUT2D eigenvalue weighted by Crippen LogP contribution is 2.22. The Hall–Kier alpha value is -2.29. The van der Waals surface area contributed by atoms with Gasteiger partial charge in [0.1, 0.15) is 5.75 Å². The Morgan fingerprint density at radius 1 is 1.08 bits per heavy atom. The van der Waals surface area contributed by atoms with E-state index in [1.807, 2.05) is 41.3 Å². The summed E-state index contributed by atoms with van der Waals surface area (Å²) >= 11 is 0. The van der Waals surface area contributed by atoms with Crippen LogP contribution in [0, 0.1) is 0 Å². The second-order valence-corrected chi connectivity index (χ2v) is 6.49. The first-order valence-electron chi connectivity index (χ1n) is 8.78. The molecule has 0 aliphatic carbocycles. The summed E-state index contributed by atoms with van der Waals surface area (Å²) in [6.45, 7) is 3.10. The maximum absolute atomic E-state index is 12.5. The summed E-state index contributed by atoms with van der Waals surface area (Å²) in [7, 11) is 0. The van der Waals surface area contributed by atoms with Gasteiger partial charge in [0.05, 0.1) is 0 Å². The summed E-state index contributed by atoms with van der Waals surface area (Å²) in [5.74, 6) is 0.899. The Morgan fingerprint density at radius 2 is 1.83 bits per heavy atom. The maximum Gasteiger partial charge on any atom is 0.260 e. The van der Waals surface area contributed by atoms with Crippen molar-refractivity contribution in [2.24, 2.45) is 0 Å². The number of carbonyl (C=O) groups is 1. The molecule has 1 fully saturated rings. The lowest BCUT2D eigenvalue weighted by Gasteiger charge is -2.33. The van der Waals surface area contributed by atoms with Crippen molar-refractivity contribution < 1.29 is 9.53 Å². The van der Waals surface area contributed by atoms with Crippen LogP contribution in [0.2, 0.25) is 0 Å². The Balaban J connectivity index is 1.64. The van der Waals surface area contributed by atoms with Gasteiger partial charge in [-0.2, -0.15) is 0 Å². The SMILES string of the molecule is CC1CCCCN1C(=O)COc1ccccc1Cc1ccccc1. The van der Waals surface area contributed by atoms with E-state index in [4.69, 9.17) is 4.74 Å². The molecule has 3 nitrogen and oxygen atoms in total. The number of piperidine rings is 1. The van der Waals surface area contributed by atoms with E-state index in [1.54, 1.807) is 0 Å². The maximum atomic E-state index is 12.5. The van der Waals surface area contributed by atoms with Gasteiger partial charge in [-0.15, -0.1) is 0 Å². The highest BCUT2D eigenvalue weighted by Gasteiger charge is 2.23. The van der Waals surface area contributed by atoms with Crippen molar-refractivity contribution in [3.05, 3.63) is 65.7 Å². The Bertz CT molecular complexity index is 669. The number of para-hydroxylation sites is 1. The van der Waals surface area contributed by atoms with Gasteiger partial charge < -0.3 is 9.64 Å². The van der Waals surface area contributed by atoms with E-state index in [-0.39, 0.29) is 12.5 Å². The zero-order valence-corrected chi connectivity index (χ0v) is 14.3. The molecule has 0 saturated carbocycles. The standard InChI is InChI=1S/C21H25NO2/c1-17-9-7-8-14-22(17)21(23)16-24-20-13-6-5-12-19(20)15-18-10-3-2-4-11-18/h2-6,10-13,17H,7-9,14-16H2,1H3. The van der Waals surface area contributed by atoms with Crippen LogP contribution in [-0.2, 0) is 11.2 Å². The third-order valence-electron chi connectivity index (χ3n) is 4.68. The first-order chi connectivity index (χ1) is 11.7. The van der Waals surface area contributed by atoms with E-state index in [0.29, 0.717) is 6.04 Å². The van der Waals surface area contributed by atoms with Gasteiger partial charge in [0.25, 0.3) is 5.91 Å². The molecule has 2 aromatic carbocycles. The van der Waals surface area contributed by atoms with Crippen molar-refractivity contribution in [3.63, 3.8) is 0 Å². The summed E-state index contributed by atoms with van der Waals surface area (Å²) in [5.41, 5.74) is 2.35. The average Bonchev–Trinajstić information content (AvgIpc) is 2.62. The summed E-state index contributed by atoms with van der Waals surface area (Å²) in [5, 5.41) is 0. The molecule has 0 spiro atoms. The van der Waals surface area contributed by atoms with Crippen molar-refractivity contribution in [1.29, 1.82) is 0 Å². The van der Waals surface area contributed by atoms with Crippen molar-refractivity contribution in [3.8, 4) is 5.75 Å². The van der Waals surface area contributed by atoms with Gasteiger partial charge in [-0.1, -0.05) is 48.5 Å². The number of ether oxygens (including phenoxy) is 1. The molecule has 1 amide bonds. The zero-order valence-electron chi connectivity index (χ0n) is 14.3. The third kappa shape index (κ3) is 4.16. The molecule has 1 unspecified atom stereocenters. The molecule has 0 bridgehead atoms. The van der Waals surface area contributed by atoms with Crippen LogP contribution in [0.5, 0.6) is 5.75 Å². The minimum absolute atomic E-state index is 0.0942. The first-order valence-corrected chi connectivity index (χ1v) is 8.78. The van der Waals surface area contributed by atoms with Gasteiger partial charge in [0.2, 0.25) is 0 Å². The lowest BCUT2D eigenvalue weighted by atomic mass is 10.0. The van der Waals surface area contributed by atoms with Crippen LogP contribution < -0.4 is 4.74 Å². The average molecular weight is 323 g/mol. The van der Waals surface area contributed by atoms with Crippen LogP contribution >= 0.6 is 0 Å². The van der Waals surface area contributed by atoms with E-state index in [2.05, 4.69) is 25.1 Å². The fourth-order valence-corrected chi connectivity index (χ4v) is 3.30. The van der Waals surface area contributed by atoms with Crippen LogP contribution in [-0.4, -0.2) is 30.0 Å². The van der Waals surface area contributed by atoms with E-state index >= 15 is 0 Å². The van der Waals surface area contributed by atoms with E-state index in [9.17, 15) is 4.79 Å². The Morgan fingerprint density at radius 3 is 2.62 bits per heavy atom. The number of carbonyl (C=O) groups excluding carboxylic acids is 1. The van der Waals surface area contributed by atoms with Crippen molar-refractivity contribution in [2.75, 3.05) is 13.2 Å². The molecule has 1 heterocycles. The van der Waals surface area contributed by atoms with E-state index < -0.39 is 0 Å². The van der Waals surface area contributed by atoms with E-state index in [1.165, 1.54) is 12.0 Å². The van der Waals surface area contributed by atoms with Crippen LogP contribution in [0.1, 0.15) is 37.3 Å². The normalized spacial score (nSPS) is 17.5. The molecule has 1 aliphatic rings. The predicted octanol–water partition coefficient (Wildman–Crippen LogP) is 4.06. The molecule has 0 aromatic heterocycles. The molecular weight excluding hydrogens is 298 g/mol. The zero-order chi connectivity index (χ0) is 16.8. The number of benzene rings is 2. The predicted molar refractivity (Wildman–Crippen MR) is 96.2 cm³/mol. The lowest BCUT2D eigenvalue weighted by molar-refractivity contribution is -0.136. The Labute approximate surface area is 144 Å². The van der Waals surface area contributed by atoms with Crippen LogP contribution in [0.4, 0.5) is 0 Å². The largest absolute Gasteiger partial charge is 0.483 e. The molecule has 3 rings (SSSR count). The number of hydrogen-bond acceptors (Lipinski definition) is 2. The fourth-order valence-electron chi connectivity index (χ4n) is 3.30. The Kier molecular flexibility index (Phi) is 5.52. The lowest BCUT2D eigenvalue weighted by Crippen LogP contribution is -2.44. The fraction of sp³-hybridized carbons (Fsp3) is 0.381. The third-order valence-corrected chi connectivity index (χ3v) is 4.68. The van der Waals surface area contributed by atoms with Crippen LogP contribution in [0.3, 0.4) is 0 Å². The molecular formula is C21H25NO2. The monoisotopic (exact) mass is 323 g/mol. The summed E-state index contributed by atoms with van der Waals surface area (Å²) in [4.78, 5) is 14.4. The number of rotatable bonds is 5. The molecule has 126 valence electrons. The minimum atomic E-state index is 0.0942. The quantitative estimate of drug-likeness (QED) is 0.830. The second kappa shape index (κ2) is 8.00.